The Bertz CT molecular complexity index is 114. The summed E-state index contributed by atoms with van der Waals surface area (Å²) in [7, 11) is 0. The van der Waals surface area contributed by atoms with E-state index in [2.05, 4.69) is 33.0 Å². The topological polar surface area (TPSA) is 12.0 Å². The molecule has 0 aliphatic carbocycles. The third-order valence-electron chi connectivity index (χ3n) is 1.81. The zero-order valence-corrected chi connectivity index (χ0v) is 7.62. The van der Waals surface area contributed by atoms with E-state index in [1.54, 1.807) is 0 Å². The first-order valence-corrected chi connectivity index (χ1v) is 4.12. The molecule has 0 atom stereocenters. The summed E-state index contributed by atoms with van der Waals surface area (Å²) < 4.78 is 0. The molecule has 0 saturated heterocycles. The van der Waals surface area contributed by atoms with E-state index in [4.69, 9.17) is 0 Å². The van der Waals surface area contributed by atoms with E-state index in [1.807, 2.05) is 0 Å². The lowest BCUT2D eigenvalue weighted by molar-refractivity contribution is 0.754. The molecule has 0 aromatic carbocycles. The van der Waals surface area contributed by atoms with Crippen molar-refractivity contribution in [3.63, 3.8) is 0 Å². The van der Waals surface area contributed by atoms with Crippen LogP contribution in [0.4, 0.5) is 0 Å². The van der Waals surface area contributed by atoms with E-state index >= 15 is 0 Å². The quantitative estimate of drug-likeness (QED) is 0.634. The average Bonchev–Trinajstić information content (AvgIpc) is 1.98. The molecule has 60 valence electrons. The summed E-state index contributed by atoms with van der Waals surface area (Å²) in [5.41, 5.74) is 2.82. The Morgan fingerprint density at radius 2 is 1.80 bits per heavy atom. The van der Waals surface area contributed by atoms with Crippen molar-refractivity contribution in [1.29, 1.82) is 0 Å². The average molecular weight is 141 g/mol. The number of hydrogen-bond acceptors (Lipinski definition) is 1. The fourth-order valence-electron chi connectivity index (χ4n) is 0.729. The van der Waals surface area contributed by atoms with Gasteiger partial charge in [0, 0.05) is 12.2 Å². The van der Waals surface area contributed by atoms with Gasteiger partial charge in [0.1, 0.15) is 0 Å². The van der Waals surface area contributed by atoms with Crippen LogP contribution in [0.15, 0.2) is 11.3 Å². The minimum absolute atomic E-state index is 1.10. The molecule has 0 heterocycles. The van der Waals surface area contributed by atoms with Crippen LogP contribution in [-0.2, 0) is 0 Å². The molecule has 1 nitrogen and oxygen atoms in total. The monoisotopic (exact) mass is 141 g/mol. The minimum atomic E-state index is 1.10. The van der Waals surface area contributed by atoms with Gasteiger partial charge >= 0.3 is 0 Å². The Labute approximate surface area is 64.5 Å². The maximum absolute atomic E-state index is 3.36. The van der Waals surface area contributed by atoms with Gasteiger partial charge in [-0.3, -0.25) is 0 Å². The Hall–Kier alpha value is -0.460. The molecule has 0 fully saturated rings. The standard InChI is InChI=1S/C9H19N/c1-5-7-10-9(4)8(3)6-2/h10H,5-7H2,1-4H3/b9-8-. The highest BCUT2D eigenvalue weighted by atomic mass is 14.9. The molecule has 0 unspecified atom stereocenters. The summed E-state index contributed by atoms with van der Waals surface area (Å²) in [5.74, 6) is 0. The van der Waals surface area contributed by atoms with E-state index in [-0.39, 0.29) is 0 Å². The van der Waals surface area contributed by atoms with Crippen molar-refractivity contribution >= 4 is 0 Å². The first-order valence-electron chi connectivity index (χ1n) is 4.12. The molecular weight excluding hydrogens is 122 g/mol. The lowest BCUT2D eigenvalue weighted by Gasteiger charge is -2.07. The summed E-state index contributed by atoms with van der Waals surface area (Å²) in [4.78, 5) is 0. The van der Waals surface area contributed by atoms with Crippen LogP contribution in [-0.4, -0.2) is 6.54 Å². The molecule has 0 spiro atoms. The van der Waals surface area contributed by atoms with Crippen molar-refractivity contribution in [2.45, 2.75) is 40.5 Å². The van der Waals surface area contributed by atoms with Crippen LogP contribution in [0, 0.1) is 0 Å². The predicted octanol–water partition coefficient (Wildman–Crippen LogP) is 2.69. The van der Waals surface area contributed by atoms with Gasteiger partial charge in [-0.1, -0.05) is 19.4 Å². The number of nitrogens with one attached hydrogen (secondary N) is 1. The normalized spacial score (nSPS) is 12.8. The van der Waals surface area contributed by atoms with Gasteiger partial charge in [0.25, 0.3) is 0 Å². The fraction of sp³-hybridized carbons (Fsp3) is 0.778. The van der Waals surface area contributed by atoms with Crippen molar-refractivity contribution in [1.82, 2.24) is 5.32 Å². The zero-order valence-electron chi connectivity index (χ0n) is 7.62. The molecule has 0 amide bonds. The summed E-state index contributed by atoms with van der Waals surface area (Å²) in [6.45, 7) is 9.80. The molecule has 1 N–H and O–H groups in total. The van der Waals surface area contributed by atoms with Gasteiger partial charge in [0.05, 0.1) is 0 Å². The van der Waals surface area contributed by atoms with Gasteiger partial charge in [-0.2, -0.15) is 0 Å². The van der Waals surface area contributed by atoms with Crippen molar-refractivity contribution in [3.05, 3.63) is 11.3 Å². The lowest BCUT2D eigenvalue weighted by atomic mass is 10.2. The number of rotatable bonds is 4. The molecule has 0 bridgehead atoms. The zero-order chi connectivity index (χ0) is 7.98. The van der Waals surface area contributed by atoms with Gasteiger partial charge in [-0.05, 0) is 26.7 Å². The predicted molar refractivity (Wildman–Crippen MR) is 47.0 cm³/mol. The molecule has 0 aliphatic rings. The van der Waals surface area contributed by atoms with Crippen LogP contribution in [0.3, 0.4) is 0 Å². The highest BCUT2D eigenvalue weighted by molar-refractivity contribution is 5.06. The minimum Gasteiger partial charge on any atom is -0.389 e. The maximum Gasteiger partial charge on any atom is 0.0141 e. The smallest absolute Gasteiger partial charge is 0.0141 e. The van der Waals surface area contributed by atoms with Crippen LogP contribution in [0.1, 0.15) is 40.5 Å². The maximum atomic E-state index is 3.36. The molecule has 0 radical (unpaired) electrons. The van der Waals surface area contributed by atoms with Crippen LogP contribution in [0.2, 0.25) is 0 Å². The van der Waals surface area contributed by atoms with Crippen molar-refractivity contribution in [3.8, 4) is 0 Å². The summed E-state index contributed by atoms with van der Waals surface area (Å²) >= 11 is 0. The molecular formula is C9H19N. The SMILES string of the molecule is CCCN/C(C)=C(/C)CC. The molecule has 0 aromatic heterocycles. The van der Waals surface area contributed by atoms with Gasteiger partial charge < -0.3 is 5.32 Å². The largest absolute Gasteiger partial charge is 0.389 e. The molecule has 0 saturated carbocycles. The third kappa shape index (κ3) is 3.54. The second-order valence-electron chi connectivity index (χ2n) is 2.69. The van der Waals surface area contributed by atoms with Crippen molar-refractivity contribution in [2.75, 3.05) is 6.54 Å². The Balaban J connectivity index is 3.68. The Kier molecular flexibility index (Phi) is 5.09. The number of hydrogen-bond donors (Lipinski definition) is 1. The van der Waals surface area contributed by atoms with E-state index < -0.39 is 0 Å². The van der Waals surface area contributed by atoms with Crippen LogP contribution < -0.4 is 5.32 Å². The fourth-order valence-corrected chi connectivity index (χ4v) is 0.729. The van der Waals surface area contributed by atoms with Crippen LogP contribution >= 0.6 is 0 Å². The molecule has 10 heavy (non-hydrogen) atoms. The van der Waals surface area contributed by atoms with Gasteiger partial charge in [0.15, 0.2) is 0 Å². The van der Waals surface area contributed by atoms with Gasteiger partial charge in [0.2, 0.25) is 0 Å². The molecule has 0 rings (SSSR count). The molecule has 0 aromatic rings. The molecule has 1 heteroatoms. The summed E-state index contributed by atoms with van der Waals surface area (Å²) in [6, 6.07) is 0. The Morgan fingerprint density at radius 1 is 1.20 bits per heavy atom. The third-order valence-corrected chi connectivity index (χ3v) is 1.81. The second kappa shape index (κ2) is 5.33. The molecule has 0 aliphatic heterocycles. The second-order valence-corrected chi connectivity index (χ2v) is 2.69. The van der Waals surface area contributed by atoms with E-state index in [9.17, 15) is 0 Å². The van der Waals surface area contributed by atoms with Crippen LogP contribution in [0.5, 0.6) is 0 Å². The first-order chi connectivity index (χ1) is 4.72. The van der Waals surface area contributed by atoms with E-state index in [0.29, 0.717) is 0 Å². The summed E-state index contributed by atoms with van der Waals surface area (Å²) in [6.07, 6.45) is 2.36. The number of allylic oxidation sites excluding steroid dienone is 2. The highest BCUT2D eigenvalue weighted by Gasteiger charge is 1.90. The van der Waals surface area contributed by atoms with Crippen LogP contribution in [0.25, 0.3) is 0 Å². The van der Waals surface area contributed by atoms with Crippen molar-refractivity contribution in [2.24, 2.45) is 0 Å². The van der Waals surface area contributed by atoms with Gasteiger partial charge in [-0.25, -0.2) is 0 Å². The summed E-state index contributed by atoms with van der Waals surface area (Å²) in [5, 5.41) is 3.36. The highest BCUT2D eigenvalue weighted by Crippen LogP contribution is 2.03. The first kappa shape index (κ1) is 9.54. The lowest BCUT2D eigenvalue weighted by Crippen LogP contribution is -2.12. The van der Waals surface area contributed by atoms with Gasteiger partial charge in [-0.15, -0.1) is 0 Å². The van der Waals surface area contributed by atoms with E-state index in [1.165, 1.54) is 17.7 Å². The Morgan fingerprint density at radius 3 is 2.20 bits per heavy atom. The van der Waals surface area contributed by atoms with E-state index in [0.717, 1.165) is 13.0 Å². The van der Waals surface area contributed by atoms with Crippen molar-refractivity contribution < 1.29 is 0 Å².